The smallest absolute Gasteiger partial charge is 0.246 e. The van der Waals surface area contributed by atoms with E-state index in [4.69, 9.17) is 14.0 Å². The summed E-state index contributed by atoms with van der Waals surface area (Å²) in [5.74, 6) is 1.19. The Morgan fingerprint density at radius 2 is 1.79 bits per heavy atom. The van der Waals surface area contributed by atoms with Crippen molar-refractivity contribution in [2.24, 2.45) is 7.05 Å². The first-order valence-electron chi connectivity index (χ1n) is 10.0. The van der Waals surface area contributed by atoms with Gasteiger partial charge in [0, 0.05) is 25.5 Å². The zero-order valence-corrected chi connectivity index (χ0v) is 20.1. The molecule has 2 N–H and O–H groups in total. The zero-order chi connectivity index (χ0) is 24.3. The predicted octanol–water partition coefficient (Wildman–Crippen LogP) is 1.61. The van der Waals surface area contributed by atoms with E-state index in [0.717, 1.165) is 0 Å². The fourth-order valence-corrected chi connectivity index (χ4v) is 4.95. The van der Waals surface area contributed by atoms with Gasteiger partial charge < -0.3 is 23.9 Å². The number of rotatable bonds is 9. The summed E-state index contributed by atoms with van der Waals surface area (Å²) >= 11 is 0. The third kappa shape index (κ3) is 5.17. The minimum absolute atomic E-state index is 0.0830. The molecule has 33 heavy (non-hydrogen) atoms. The van der Waals surface area contributed by atoms with Crippen molar-refractivity contribution in [1.82, 2.24) is 24.7 Å². The van der Waals surface area contributed by atoms with Crippen molar-refractivity contribution in [3.8, 4) is 11.5 Å². The molecule has 2 heterocycles. The Bertz CT molecular complexity index is 1210. The Balaban J connectivity index is 1.91. The van der Waals surface area contributed by atoms with Gasteiger partial charge >= 0.3 is 0 Å². The fourth-order valence-electron chi connectivity index (χ4n) is 3.42. The number of nitrogens with one attached hydrogen (secondary N) is 2. The molecule has 0 radical (unpaired) electrons. The number of imidazole rings is 1. The first kappa shape index (κ1) is 24.3. The summed E-state index contributed by atoms with van der Waals surface area (Å²) in [5, 5.41) is 6.55. The van der Waals surface area contributed by atoms with E-state index < -0.39 is 28.0 Å². The van der Waals surface area contributed by atoms with Crippen LogP contribution in [0.15, 0.2) is 40.0 Å². The van der Waals surface area contributed by atoms with Crippen molar-refractivity contribution in [2.75, 3.05) is 14.2 Å². The number of benzene rings is 1. The third-order valence-electron chi connectivity index (χ3n) is 5.07. The molecule has 0 fully saturated rings. The van der Waals surface area contributed by atoms with Gasteiger partial charge in [-0.15, -0.1) is 0 Å². The Labute approximate surface area is 192 Å². The largest absolute Gasteiger partial charge is 0.497 e. The van der Waals surface area contributed by atoms with E-state index in [1.807, 2.05) is 0 Å². The number of methoxy groups -OCH3 is 2. The summed E-state index contributed by atoms with van der Waals surface area (Å²) in [6.07, 6.45) is 3.35. The molecule has 11 nitrogen and oxygen atoms in total. The second-order valence-corrected chi connectivity index (χ2v) is 9.13. The average molecular weight is 478 g/mol. The molecule has 2 atom stereocenters. The number of nitrogens with zero attached hydrogens (tertiary/aromatic N) is 3. The van der Waals surface area contributed by atoms with E-state index in [0.29, 0.717) is 22.9 Å². The van der Waals surface area contributed by atoms with Crippen LogP contribution in [-0.2, 0) is 21.9 Å². The molecule has 3 rings (SSSR count). The zero-order valence-electron chi connectivity index (χ0n) is 19.2. The number of aromatic nitrogens is 3. The molecule has 0 aliphatic carbocycles. The highest BCUT2D eigenvalue weighted by Gasteiger charge is 2.30. The molecule has 1 amide bonds. The van der Waals surface area contributed by atoms with Crippen molar-refractivity contribution in [3.05, 3.63) is 53.4 Å². The standard InChI is InChI=1S/C21H27N5O6S/c1-12-19(14(3)32-24-12)33(28,29)25-13(2)21(27)23-18(20-22-7-8-26(20)4)15-9-16(30-5)11-17(10-15)31-6/h7-11,13,18,25H,1-6H3,(H,23,27)/t13-,18?/m0/s1. The molecular weight excluding hydrogens is 450 g/mol. The number of hydrogen-bond acceptors (Lipinski definition) is 8. The van der Waals surface area contributed by atoms with Crippen LogP contribution >= 0.6 is 0 Å². The molecule has 178 valence electrons. The van der Waals surface area contributed by atoms with E-state index in [-0.39, 0.29) is 16.3 Å². The quantitative estimate of drug-likeness (QED) is 0.474. The average Bonchev–Trinajstić information content (AvgIpc) is 3.35. The molecule has 0 aliphatic heterocycles. The minimum atomic E-state index is -4.03. The van der Waals surface area contributed by atoms with Crippen LogP contribution in [0.1, 0.15) is 35.8 Å². The number of hydrogen-bond donors (Lipinski definition) is 2. The molecule has 12 heteroatoms. The lowest BCUT2D eigenvalue weighted by Crippen LogP contribution is -2.46. The molecule has 0 aliphatic rings. The molecule has 2 aromatic heterocycles. The summed E-state index contributed by atoms with van der Waals surface area (Å²) in [6.45, 7) is 4.46. The van der Waals surface area contributed by atoms with Crippen LogP contribution < -0.4 is 19.5 Å². The van der Waals surface area contributed by atoms with E-state index >= 15 is 0 Å². The van der Waals surface area contributed by atoms with Crippen molar-refractivity contribution < 1.29 is 27.2 Å². The summed E-state index contributed by atoms with van der Waals surface area (Å²) in [5.41, 5.74) is 0.858. The number of carbonyl (C=O) groups excluding carboxylic acids is 1. The Morgan fingerprint density at radius 1 is 1.15 bits per heavy atom. The summed E-state index contributed by atoms with van der Waals surface area (Å²) < 4.78 is 45.4. The van der Waals surface area contributed by atoms with Gasteiger partial charge in [0.1, 0.15) is 34.0 Å². The maximum Gasteiger partial charge on any atom is 0.246 e. The summed E-state index contributed by atoms with van der Waals surface area (Å²) in [6, 6.07) is 3.41. The van der Waals surface area contributed by atoms with E-state index in [9.17, 15) is 13.2 Å². The van der Waals surface area contributed by atoms with Gasteiger partial charge in [0.25, 0.3) is 0 Å². The maximum atomic E-state index is 13.1. The predicted molar refractivity (Wildman–Crippen MR) is 119 cm³/mol. The first-order chi connectivity index (χ1) is 15.6. The van der Waals surface area contributed by atoms with Crippen LogP contribution in [0, 0.1) is 13.8 Å². The fraction of sp³-hybridized carbons (Fsp3) is 0.381. The second kappa shape index (κ2) is 9.63. The molecule has 0 spiro atoms. The maximum absolute atomic E-state index is 13.1. The molecule has 0 saturated carbocycles. The van der Waals surface area contributed by atoms with Gasteiger partial charge in [-0.05, 0) is 38.5 Å². The summed E-state index contributed by atoms with van der Waals surface area (Å²) in [7, 11) is 0.812. The molecule has 0 saturated heterocycles. The van der Waals surface area contributed by atoms with E-state index in [1.54, 1.807) is 42.2 Å². The first-order valence-corrected chi connectivity index (χ1v) is 11.5. The van der Waals surface area contributed by atoms with Crippen molar-refractivity contribution >= 4 is 15.9 Å². The minimum Gasteiger partial charge on any atom is -0.497 e. The third-order valence-corrected chi connectivity index (χ3v) is 6.86. The lowest BCUT2D eigenvalue weighted by molar-refractivity contribution is -0.122. The monoisotopic (exact) mass is 477 g/mol. The molecular formula is C21H27N5O6S. The van der Waals surface area contributed by atoms with Gasteiger partial charge in [-0.3, -0.25) is 4.79 Å². The van der Waals surface area contributed by atoms with Gasteiger partial charge in [-0.2, -0.15) is 4.72 Å². The Kier molecular flexibility index (Phi) is 7.08. The Hall–Kier alpha value is -3.38. The number of carbonyl (C=O) groups is 1. The van der Waals surface area contributed by atoms with Gasteiger partial charge in [0.05, 0.1) is 20.3 Å². The number of ether oxygens (including phenoxy) is 2. The number of aryl methyl sites for hydroxylation is 3. The van der Waals surface area contributed by atoms with Crippen molar-refractivity contribution in [2.45, 2.75) is 37.8 Å². The lowest BCUT2D eigenvalue weighted by Gasteiger charge is -2.23. The van der Waals surface area contributed by atoms with Gasteiger partial charge in [-0.25, -0.2) is 13.4 Å². The van der Waals surface area contributed by atoms with Crippen LogP contribution in [0.5, 0.6) is 11.5 Å². The van der Waals surface area contributed by atoms with Gasteiger partial charge in [0.2, 0.25) is 15.9 Å². The van der Waals surface area contributed by atoms with Crippen LogP contribution in [-0.4, -0.2) is 49.3 Å². The highest BCUT2D eigenvalue weighted by atomic mass is 32.2. The van der Waals surface area contributed by atoms with E-state index in [1.165, 1.54) is 35.0 Å². The van der Waals surface area contributed by atoms with Crippen LogP contribution in [0.25, 0.3) is 0 Å². The van der Waals surface area contributed by atoms with Crippen LogP contribution in [0.3, 0.4) is 0 Å². The van der Waals surface area contributed by atoms with Crippen molar-refractivity contribution in [1.29, 1.82) is 0 Å². The van der Waals surface area contributed by atoms with Crippen molar-refractivity contribution in [3.63, 3.8) is 0 Å². The molecule has 3 aromatic rings. The van der Waals surface area contributed by atoms with Crippen LogP contribution in [0.4, 0.5) is 0 Å². The van der Waals surface area contributed by atoms with Gasteiger partial charge in [-0.1, -0.05) is 5.16 Å². The number of sulfonamides is 1. The normalized spacial score (nSPS) is 13.4. The lowest BCUT2D eigenvalue weighted by atomic mass is 10.0. The topological polar surface area (TPSA) is 138 Å². The molecule has 0 bridgehead atoms. The highest BCUT2D eigenvalue weighted by Crippen LogP contribution is 2.29. The summed E-state index contributed by atoms with van der Waals surface area (Å²) in [4.78, 5) is 17.4. The molecule has 1 unspecified atom stereocenters. The van der Waals surface area contributed by atoms with Crippen LogP contribution in [0.2, 0.25) is 0 Å². The second-order valence-electron chi connectivity index (χ2n) is 7.48. The molecule has 1 aromatic carbocycles. The highest BCUT2D eigenvalue weighted by molar-refractivity contribution is 7.89. The SMILES string of the molecule is COc1cc(OC)cc(C(NC(=O)[C@H](C)NS(=O)(=O)c2c(C)noc2C)c2nccn2C)c1. The van der Waals surface area contributed by atoms with Gasteiger partial charge in [0.15, 0.2) is 5.76 Å². The number of amides is 1. The van der Waals surface area contributed by atoms with E-state index in [2.05, 4.69) is 20.2 Å². The Morgan fingerprint density at radius 3 is 2.27 bits per heavy atom.